The molecule has 84 valence electrons. The topological polar surface area (TPSA) is 29.5 Å². The molecule has 2 aliphatic rings. The second-order valence-corrected chi connectivity index (χ2v) is 4.43. The molecule has 15 heavy (non-hydrogen) atoms. The minimum absolute atomic E-state index is 0.268. The molecule has 0 aromatic rings. The highest BCUT2D eigenvalue weighted by molar-refractivity contribution is 5.95. The van der Waals surface area contributed by atoms with E-state index in [9.17, 15) is 4.79 Å². The largest absolute Gasteiger partial charge is 0.379 e. The van der Waals surface area contributed by atoms with Crippen LogP contribution < -0.4 is 0 Å². The van der Waals surface area contributed by atoms with Crippen LogP contribution in [0.4, 0.5) is 0 Å². The van der Waals surface area contributed by atoms with Crippen LogP contribution in [0, 0.1) is 5.92 Å². The smallest absolute Gasteiger partial charge is 0.159 e. The molecule has 0 N–H and O–H groups in total. The zero-order valence-electron chi connectivity index (χ0n) is 9.21. The molecule has 2 rings (SSSR count). The normalized spacial score (nSPS) is 22.7. The van der Waals surface area contributed by atoms with E-state index < -0.39 is 0 Å². The third-order valence-electron chi connectivity index (χ3n) is 3.19. The summed E-state index contributed by atoms with van der Waals surface area (Å²) in [7, 11) is 0. The number of morpholine rings is 1. The summed E-state index contributed by atoms with van der Waals surface area (Å²) in [5.74, 6) is 0.784. The number of ether oxygens (including phenoxy) is 1. The lowest BCUT2D eigenvalue weighted by molar-refractivity contribution is -0.116. The zero-order chi connectivity index (χ0) is 10.7. The van der Waals surface area contributed by atoms with Crippen molar-refractivity contribution in [1.82, 2.24) is 4.90 Å². The van der Waals surface area contributed by atoms with E-state index in [-0.39, 0.29) is 5.78 Å². The van der Waals surface area contributed by atoms with E-state index in [0.29, 0.717) is 12.3 Å². The van der Waals surface area contributed by atoms with Crippen LogP contribution in [0.3, 0.4) is 0 Å². The van der Waals surface area contributed by atoms with Crippen LogP contribution in [0.5, 0.6) is 0 Å². The summed E-state index contributed by atoms with van der Waals surface area (Å²) in [6.45, 7) is 8.29. The van der Waals surface area contributed by atoms with Crippen molar-refractivity contribution in [2.75, 3.05) is 32.8 Å². The third kappa shape index (κ3) is 3.14. The molecule has 3 heteroatoms. The fourth-order valence-corrected chi connectivity index (χ4v) is 1.90. The number of allylic oxidation sites excluding steroid dienone is 1. The van der Waals surface area contributed by atoms with E-state index in [0.717, 1.165) is 38.4 Å². The van der Waals surface area contributed by atoms with Crippen molar-refractivity contribution < 1.29 is 9.53 Å². The molecule has 1 aliphatic heterocycles. The van der Waals surface area contributed by atoms with Gasteiger partial charge >= 0.3 is 0 Å². The molecular formula is C12H19NO2. The Morgan fingerprint density at radius 3 is 2.60 bits per heavy atom. The van der Waals surface area contributed by atoms with E-state index >= 15 is 0 Å². The van der Waals surface area contributed by atoms with Crippen molar-refractivity contribution in [2.45, 2.75) is 19.3 Å². The SMILES string of the molecule is C=C(C(=O)CCN1CCOCC1)C1CC1. The Balaban J connectivity index is 1.67. The number of ketones is 1. The van der Waals surface area contributed by atoms with E-state index in [1.54, 1.807) is 0 Å². The van der Waals surface area contributed by atoms with Crippen molar-refractivity contribution in [3.8, 4) is 0 Å². The standard InChI is InChI=1S/C12H19NO2/c1-10(11-2-3-11)12(14)4-5-13-6-8-15-9-7-13/h11H,1-9H2. The molecule has 0 atom stereocenters. The Morgan fingerprint density at radius 1 is 1.33 bits per heavy atom. The Labute approximate surface area is 91.1 Å². The molecule has 0 spiro atoms. The summed E-state index contributed by atoms with van der Waals surface area (Å²) in [5.41, 5.74) is 0.864. The van der Waals surface area contributed by atoms with E-state index in [2.05, 4.69) is 11.5 Å². The predicted octanol–water partition coefficient (Wildman–Crippen LogP) is 1.24. The fourth-order valence-electron chi connectivity index (χ4n) is 1.90. The Morgan fingerprint density at radius 2 is 2.00 bits per heavy atom. The maximum Gasteiger partial charge on any atom is 0.159 e. The first-order valence-corrected chi connectivity index (χ1v) is 5.79. The Hall–Kier alpha value is -0.670. The molecule has 1 saturated heterocycles. The fraction of sp³-hybridized carbons (Fsp3) is 0.750. The van der Waals surface area contributed by atoms with Gasteiger partial charge in [0.1, 0.15) is 0 Å². The average Bonchev–Trinajstić information content (AvgIpc) is 3.10. The van der Waals surface area contributed by atoms with Crippen molar-refractivity contribution in [2.24, 2.45) is 5.92 Å². The van der Waals surface area contributed by atoms with E-state index in [1.165, 1.54) is 12.8 Å². The molecule has 3 nitrogen and oxygen atoms in total. The summed E-state index contributed by atoms with van der Waals surface area (Å²) < 4.78 is 5.26. The summed E-state index contributed by atoms with van der Waals surface area (Å²) >= 11 is 0. The van der Waals surface area contributed by atoms with Gasteiger partial charge in [0.15, 0.2) is 5.78 Å². The highest BCUT2D eigenvalue weighted by Gasteiger charge is 2.28. The van der Waals surface area contributed by atoms with Gasteiger partial charge in [-0.25, -0.2) is 0 Å². The molecule has 0 amide bonds. The van der Waals surface area contributed by atoms with Gasteiger partial charge in [-0.05, 0) is 24.3 Å². The third-order valence-corrected chi connectivity index (χ3v) is 3.19. The van der Waals surface area contributed by atoms with Crippen LogP contribution in [0.15, 0.2) is 12.2 Å². The van der Waals surface area contributed by atoms with Gasteiger partial charge in [-0.15, -0.1) is 0 Å². The number of Topliss-reactive ketones (excluding diaryl/α,β-unsaturated/α-hetero) is 1. The lowest BCUT2D eigenvalue weighted by atomic mass is 10.1. The summed E-state index contributed by atoms with van der Waals surface area (Å²) in [4.78, 5) is 14.0. The number of rotatable bonds is 5. The van der Waals surface area contributed by atoms with E-state index in [1.807, 2.05) is 0 Å². The summed E-state index contributed by atoms with van der Waals surface area (Å²) in [6, 6.07) is 0. The number of carbonyl (C=O) groups is 1. The number of nitrogens with zero attached hydrogens (tertiary/aromatic N) is 1. The van der Waals surface area contributed by atoms with Crippen LogP contribution in [-0.4, -0.2) is 43.5 Å². The number of carbonyl (C=O) groups excluding carboxylic acids is 1. The summed E-state index contributed by atoms with van der Waals surface area (Å²) in [5, 5.41) is 0. The highest BCUT2D eigenvalue weighted by atomic mass is 16.5. The van der Waals surface area contributed by atoms with Crippen molar-refractivity contribution in [3.63, 3.8) is 0 Å². The molecular weight excluding hydrogens is 190 g/mol. The second kappa shape index (κ2) is 4.90. The first-order chi connectivity index (χ1) is 7.27. The first kappa shape index (κ1) is 10.8. The molecule has 1 heterocycles. The molecule has 0 bridgehead atoms. The zero-order valence-corrected chi connectivity index (χ0v) is 9.21. The van der Waals surface area contributed by atoms with Gasteiger partial charge in [-0.2, -0.15) is 0 Å². The lowest BCUT2D eigenvalue weighted by Crippen LogP contribution is -2.37. The van der Waals surface area contributed by atoms with Crippen LogP contribution in [-0.2, 0) is 9.53 Å². The van der Waals surface area contributed by atoms with Crippen molar-refractivity contribution in [1.29, 1.82) is 0 Å². The van der Waals surface area contributed by atoms with Crippen molar-refractivity contribution in [3.05, 3.63) is 12.2 Å². The van der Waals surface area contributed by atoms with Gasteiger partial charge in [0, 0.05) is 26.1 Å². The molecule has 0 aromatic heterocycles. The second-order valence-electron chi connectivity index (χ2n) is 4.43. The Kier molecular flexibility index (Phi) is 3.54. The van der Waals surface area contributed by atoms with Gasteiger partial charge < -0.3 is 4.74 Å². The van der Waals surface area contributed by atoms with E-state index in [4.69, 9.17) is 4.74 Å². The van der Waals surface area contributed by atoms with Gasteiger partial charge in [0.25, 0.3) is 0 Å². The molecule has 1 aliphatic carbocycles. The molecule has 0 unspecified atom stereocenters. The van der Waals surface area contributed by atoms with Crippen LogP contribution in [0.2, 0.25) is 0 Å². The van der Waals surface area contributed by atoms with Gasteiger partial charge in [-0.1, -0.05) is 6.58 Å². The molecule has 0 radical (unpaired) electrons. The molecule has 2 fully saturated rings. The predicted molar refractivity (Wildman–Crippen MR) is 58.7 cm³/mol. The number of hydrogen-bond donors (Lipinski definition) is 0. The van der Waals surface area contributed by atoms with Crippen LogP contribution >= 0.6 is 0 Å². The molecule has 1 saturated carbocycles. The maximum atomic E-state index is 11.7. The summed E-state index contributed by atoms with van der Waals surface area (Å²) in [6.07, 6.45) is 2.97. The lowest BCUT2D eigenvalue weighted by Gasteiger charge is -2.26. The van der Waals surface area contributed by atoms with Crippen molar-refractivity contribution >= 4 is 5.78 Å². The maximum absolute atomic E-state index is 11.7. The quantitative estimate of drug-likeness (QED) is 0.638. The minimum Gasteiger partial charge on any atom is -0.379 e. The highest BCUT2D eigenvalue weighted by Crippen LogP contribution is 2.36. The first-order valence-electron chi connectivity index (χ1n) is 5.79. The van der Waals surface area contributed by atoms with Crippen LogP contribution in [0.1, 0.15) is 19.3 Å². The average molecular weight is 209 g/mol. The monoisotopic (exact) mass is 209 g/mol. The Bertz CT molecular complexity index is 252. The van der Waals surface area contributed by atoms with Gasteiger partial charge in [0.05, 0.1) is 13.2 Å². The van der Waals surface area contributed by atoms with Crippen LogP contribution in [0.25, 0.3) is 0 Å². The minimum atomic E-state index is 0.268. The molecule has 0 aromatic carbocycles. The van der Waals surface area contributed by atoms with Gasteiger partial charge in [0.2, 0.25) is 0 Å². The van der Waals surface area contributed by atoms with Gasteiger partial charge in [-0.3, -0.25) is 9.69 Å². The number of hydrogen-bond acceptors (Lipinski definition) is 3.